The summed E-state index contributed by atoms with van der Waals surface area (Å²) >= 11 is 0. The molecule has 1 N–H and O–H groups in total. The van der Waals surface area contributed by atoms with Gasteiger partial charge in [0.05, 0.1) is 0 Å². The highest BCUT2D eigenvalue weighted by molar-refractivity contribution is 5.80. The molecule has 4 rings (SSSR count). The molecular weight excluding hydrogens is 324 g/mol. The molecule has 2 heterocycles. The van der Waals surface area contributed by atoms with Gasteiger partial charge in [0.2, 0.25) is 0 Å². The third-order valence-electron chi connectivity index (χ3n) is 4.27. The molecule has 0 spiro atoms. The second-order valence-corrected chi connectivity index (χ2v) is 5.96. The Hall–Kier alpha value is -3.54. The van der Waals surface area contributed by atoms with Gasteiger partial charge in [0.1, 0.15) is 5.82 Å². The lowest BCUT2D eigenvalue weighted by Gasteiger charge is -2.10. The highest BCUT2D eigenvalue weighted by Crippen LogP contribution is 2.29. The molecular formula is C20H18N6. The Kier molecular flexibility index (Phi) is 4.38. The molecule has 0 bridgehead atoms. The van der Waals surface area contributed by atoms with Crippen molar-refractivity contribution >= 4 is 0 Å². The minimum Gasteiger partial charge on any atom is -0.330 e. The van der Waals surface area contributed by atoms with Crippen LogP contribution >= 0.6 is 0 Å². The number of hydrogen-bond donors (Lipinski definition) is 1. The van der Waals surface area contributed by atoms with Gasteiger partial charge in [-0.05, 0) is 27.1 Å². The fourth-order valence-corrected chi connectivity index (χ4v) is 3.00. The smallest absolute Gasteiger partial charge is 0.180 e. The molecule has 26 heavy (non-hydrogen) atoms. The maximum atomic E-state index is 4.38. The molecule has 0 unspecified atom stereocenters. The highest BCUT2D eigenvalue weighted by atomic mass is 15.5. The predicted molar refractivity (Wildman–Crippen MR) is 100 cm³/mol. The number of nitrogens with one attached hydrogen (secondary N) is 1. The van der Waals surface area contributed by atoms with E-state index in [1.807, 2.05) is 36.7 Å². The van der Waals surface area contributed by atoms with E-state index in [4.69, 9.17) is 0 Å². The second-order valence-electron chi connectivity index (χ2n) is 5.96. The quantitative estimate of drug-likeness (QED) is 0.544. The Morgan fingerprint density at radius 2 is 1.85 bits per heavy atom. The van der Waals surface area contributed by atoms with Crippen LogP contribution in [0.3, 0.4) is 0 Å². The number of benzene rings is 2. The van der Waals surface area contributed by atoms with Crippen LogP contribution in [-0.4, -0.2) is 30.2 Å². The number of aromatic nitrogens is 6. The zero-order valence-corrected chi connectivity index (χ0v) is 14.2. The number of hydrogen-bond acceptors (Lipinski definition) is 4. The lowest BCUT2D eigenvalue weighted by molar-refractivity contribution is 0.745. The van der Waals surface area contributed by atoms with Crippen LogP contribution in [-0.2, 0) is 13.0 Å². The number of aromatic amines is 1. The normalized spacial score (nSPS) is 10.8. The summed E-state index contributed by atoms with van der Waals surface area (Å²) in [6, 6.07) is 16.6. The van der Waals surface area contributed by atoms with E-state index in [1.165, 1.54) is 5.56 Å². The minimum absolute atomic E-state index is 0.664. The molecule has 128 valence electrons. The summed E-state index contributed by atoms with van der Waals surface area (Å²) in [5, 5.41) is 14.2. The van der Waals surface area contributed by atoms with Gasteiger partial charge in [-0.25, -0.2) is 10.1 Å². The molecule has 6 nitrogen and oxygen atoms in total. The molecule has 0 aliphatic rings. The Labute approximate surface area is 151 Å². The predicted octanol–water partition coefficient (Wildman–Crippen LogP) is 3.51. The molecule has 4 aromatic rings. The number of tetrazole rings is 1. The van der Waals surface area contributed by atoms with Crippen LogP contribution in [0.2, 0.25) is 0 Å². The first-order chi connectivity index (χ1) is 12.8. The van der Waals surface area contributed by atoms with E-state index in [9.17, 15) is 0 Å². The maximum absolute atomic E-state index is 4.38. The molecule has 0 radical (unpaired) electrons. The van der Waals surface area contributed by atoms with E-state index < -0.39 is 0 Å². The molecule has 6 heteroatoms. The minimum atomic E-state index is 0.664. The van der Waals surface area contributed by atoms with Crippen LogP contribution in [0, 0.1) is 0 Å². The van der Waals surface area contributed by atoms with Gasteiger partial charge in [-0.3, -0.25) is 0 Å². The third kappa shape index (κ3) is 3.17. The molecule has 0 saturated heterocycles. The first kappa shape index (κ1) is 16.0. The summed E-state index contributed by atoms with van der Waals surface area (Å²) in [5.74, 6) is 1.68. The largest absolute Gasteiger partial charge is 0.330 e. The topological polar surface area (TPSA) is 72.3 Å². The van der Waals surface area contributed by atoms with Gasteiger partial charge in [-0.1, -0.05) is 54.6 Å². The van der Waals surface area contributed by atoms with E-state index in [2.05, 4.69) is 67.1 Å². The number of H-pyrrole nitrogens is 1. The fraction of sp³-hybridized carbons (Fsp3) is 0.100. The maximum Gasteiger partial charge on any atom is 0.180 e. The molecule has 0 atom stereocenters. The molecule has 0 saturated carbocycles. The Bertz CT molecular complexity index is 999. The van der Waals surface area contributed by atoms with Gasteiger partial charge < -0.3 is 4.57 Å². The summed E-state index contributed by atoms with van der Waals surface area (Å²) < 4.78 is 2.14. The van der Waals surface area contributed by atoms with Crippen LogP contribution in [0.25, 0.3) is 22.5 Å². The SMILES string of the molecule is C=CCc1nccn1Cc1ccc(-c2ccccc2-c2nnn[nH]2)cc1. The molecule has 0 aliphatic heterocycles. The van der Waals surface area contributed by atoms with Crippen molar-refractivity contribution in [3.8, 4) is 22.5 Å². The first-order valence-electron chi connectivity index (χ1n) is 8.38. The van der Waals surface area contributed by atoms with Gasteiger partial charge in [0, 0.05) is 30.9 Å². The van der Waals surface area contributed by atoms with Crippen molar-refractivity contribution in [2.45, 2.75) is 13.0 Å². The molecule has 0 fully saturated rings. The van der Waals surface area contributed by atoms with Crippen molar-refractivity contribution in [1.29, 1.82) is 0 Å². The Morgan fingerprint density at radius 3 is 2.58 bits per heavy atom. The zero-order chi connectivity index (χ0) is 17.8. The molecule has 0 aliphatic carbocycles. The average Bonchev–Trinajstić information content (AvgIpc) is 3.36. The standard InChI is InChI=1S/C20H18N6/c1-2-5-19-21-12-13-26(19)14-15-8-10-16(11-9-15)17-6-3-4-7-18(17)20-22-24-25-23-20/h2-4,6-13H,1,5,14H2,(H,22,23,24,25). The van der Waals surface area contributed by atoms with Crippen LogP contribution in [0.15, 0.2) is 73.6 Å². The van der Waals surface area contributed by atoms with Crippen molar-refractivity contribution < 1.29 is 0 Å². The molecule has 2 aromatic carbocycles. The van der Waals surface area contributed by atoms with Crippen molar-refractivity contribution in [3.05, 3.63) is 85.0 Å². The number of imidazole rings is 1. The van der Waals surface area contributed by atoms with Crippen LogP contribution in [0.1, 0.15) is 11.4 Å². The van der Waals surface area contributed by atoms with Gasteiger partial charge in [-0.2, -0.15) is 0 Å². The second kappa shape index (κ2) is 7.14. The molecule has 0 amide bonds. The van der Waals surface area contributed by atoms with Crippen molar-refractivity contribution in [2.75, 3.05) is 0 Å². The summed E-state index contributed by atoms with van der Waals surface area (Å²) in [6.45, 7) is 4.58. The van der Waals surface area contributed by atoms with Gasteiger partial charge in [0.15, 0.2) is 5.82 Å². The molecule has 2 aromatic heterocycles. The van der Waals surface area contributed by atoms with E-state index >= 15 is 0 Å². The summed E-state index contributed by atoms with van der Waals surface area (Å²) in [6.07, 6.45) is 6.47. The average molecular weight is 342 g/mol. The number of rotatable bonds is 6. The van der Waals surface area contributed by atoms with E-state index in [0.29, 0.717) is 5.82 Å². The highest BCUT2D eigenvalue weighted by Gasteiger charge is 2.10. The van der Waals surface area contributed by atoms with Crippen molar-refractivity contribution in [1.82, 2.24) is 30.2 Å². The first-order valence-corrected chi connectivity index (χ1v) is 8.38. The Balaban J connectivity index is 1.61. The number of allylic oxidation sites excluding steroid dienone is 1. The fourth-order valence-electron chi connectivity index (χ4n) is 3.00. The van der Waals surface area contributed by atoms with Crippen molar-refractivity contribution in [3.63, 3.8) is 0 Å². The van der Waals surface area contributed by atoms with Gasteiger partial charge in [0.25, 0.3) is 0 Å². The lowest BCUT2D eigenvalue weighted by Crippen LogP contribution is -2.03. The lowest BCUT2D eigenvalue weighted by atomic mass is 9.98. The van der Waals surface area contributed by atoms with Crippen LogP contribution in [0.5, 0.6) is 0 Å². The van der Waals surface area contributed by atoms with Gasteiger partial charge in [-0.15, -0.1) is 11.7 Å². The number of nitrogens with zero attached hydrogens (tertiary/aromatic N) is 5. The summed E-state index contributed by atoms with van der Waals surface area (Å²) in [4.78, 5) is 4.38. The van der Waals surface area contributed by atoms with Crippen LogP contribution < -0.4 is 0 Å². The van der Waals surface area contributed by atoms with Gasteiger partial charge >= 0.3 is 0 Å². The zero-order valence-electron chi connectivity index (χ0n) is 14.2. The third-order valence-corrected chi connectivity index (χ3v) is 4.27. The Morgan fingerprint density at radius 1 is 1.04 bits per heavy atom. The van der Waals surface area contributed by atoms with E-state index in [1.54, 1.807) is 0 Å². The monoisotopic (exact) mass is 342 g/mol. The summed E-state index contributed by atoms with van der Waals surface area (Å²) in [5.41, 5.74) is 4.41. The van der Waals surface area contributed by atoms with Crippen LogP contribution in [0.4, 0.5) is 0 Å². The van der Waals surface area contributed by atoms with E-state index in [0.717, 1.165) is 35.5 Å². The van der Waals surface area contributed by atoms with Crippen molar-refractivity contribution in [2.24, 2.45) is 0 Å². The van der Waals surface area contributed by atoms with E-state index in [-0.39, 0.29) is 0 Å². The summed E-state index contributed by atoms with van der Waals surface area (Å²) in [7, 11) is 0.